The number of carbonyl (C=O) groups excluding carboxylic acids is 3. The van der Waals surface area contributed by atoms with Crippen LogP contribution >= 0.6 is 18.1 Å². The number of ether oxygens (including phenoxy) is 3. The molecule has 0 spiro atoms. The van der Waals surface area contributed by atoms with Gasteiger partial charge in [-0.25, -0.2) is 14.9 Å². The molecule has 2 aromatic rings. The van der Waals surface area contributed by atoms with Crippen molar-refractivity contribution >= 4 is 53.1 Å². The van der Waals surface area contributed by atoms with Crippen LogP contribution in [-0.2, 0) is 28.2 Å². The monoisotopic (exact) mass is 646 g/mol. The van der Waals surface area contributed by atoms with Crippen LogP contribution < -0.4 is 20.9 Å². The Bertz CT molecular complexity index is 1440. The van der Waals surface area contributed by atoms with Crippen LogP contribution in [0.3, 0.4) is 0 Å². The Kier molecular flexibility index (Phi) is 9.55. The molecular weight excluding hydrogens is 611 g/mol. The first-order valence-corrected chi connectivity index (χ1v) is 16.3. The molecular formula is C23H35N8O10PS. The fourth-order valence-corrected chi connectivity index (χ4v) is 8.29. The van der Waals surface area contributed by atoms with Gasteiger partial charge in [-0.15, -0.1) is 0 Å². The molecule has 3 unspecified atom stereocenters. The quantitative estimate of drug-likeness (QED) is 0.114. The SMILES string of the molecule is COc1nc(N)nc2c1ncn2[C@@H]1O[C@H](COP(=O)(N[C@H](C)C(=O)OC(C)C)SCC2NC(=O)N(C)C2=O)[C@@H](O)C1(C)O. The Morgan fingerprint density at radius 3 is 2.65 bits per heavy atom. The van der Waals surface area contributed by atoms with Crippen LogP contribution in [0.15, 0.2) is 6.33 Å². The van der Waals surface area contributed by atoms with Crippen molar-refractivity contribution in [1.29, 1.82) is 0 Å². The van der Waals surface area contributed by atoms with Crippen LogP contribution in [-0.4, -0.2) is 115 Å². The van der Waals surface area contributed by atoms with Gasteiger partial charge in [0.2, 0.25) is 11.8 Å². The lowest BCUT2D eigenvalue weighted by Crippen LogP contribution is -2.44. The van der Waals surface area contributed by atoms with Crippen LogP contribution in [0.4, 0.5) is 10.7 Å². The van der Waals surface area contributed by atoms with Crippen molar-refractivity contribution < 1.29 is 47.9 Å². The highest BCUT2D eigenvalue weighted by Crippen LogP contribution is 2.57. The number of hydrogen-bond donors (Lipinski definition) is 5. The normalized spacial score (nSPS) is 27.9. The predicted molar refractivity (Wildman–Crippen MR) is 152 cm³/mol. The molecule has 238 valence electrons. The second kappa shape index (κ2) is 12.5. The number of nitrogens with one attached hydrogen (secondary N) is 2. The maximum atomic E-state index is 14.0. The lowest BCUT2D eigenvalue weighted by molar-refractivity contribution is -0.149. The zero-order chi connectivity index (χ0) is 31.9. The molecule has 18 nitrogen and oxygen atoms in total. The summed E-state index contributed by atoms with van der Waals surface area (Å²) >= 11 is 0.677. The van der Waals surface area contributed by atoms with Crippen molar-refractivity contribution in [2.24, 2.45) is 0 Å². The number of aromatic nitrogens is 4. The number of nitrogens with two attached hydrogens (primary N) is 1. The van der Waals surface area contributed by atoms with Gasteiger partial charge >= 0.3 is 18.7 Å². The number of nitrogens with zero attached hydrogens (tertiary/aromatic N) is 5. The smallest absolute Gasteiger partial charge is 0.327 e. The molecule has 2 aromatic heterocycles. The lowest BCUT2D eigenvalue weighted by Gasteiger charge is -2.27. The van der Waals surface area contributed by atoms with E-state index >= 15 is 0 Å². The zero-order valence-electron chi connectivity index (χ0n) is 24.3. The number of aliphatic hydroxyl groups excluding tert-OH is 1. The first-order valence-electron chi connectivity index (χ1n) is 13.1. The van der Waals surface area contributed by atoms with Gasteiger partial charge < -0.3 is 40.0 Å². The molecule has 2 aliphatic rings. The largest absolute Gasteiger partial charge is 0.479 e. The highest BCUT2D eigenvalue weighted by Gasteiger charge is 2.54. The standard InChI is InChI=1S/C23H35N8O10PS/c1-10(2)40-19(34)11(3)29-42(37,43-8-12-18(33)30(5)22(35)26-12)39-7-13-15(32)23(4,36)20(41-13)31-9-25-14-16(31)27-21(24)28-17(14)38-6/h9-13,15,20,32,36H,7-8H2,1-6H3,(H,26,35)(H,29,37)(H2,24,27,28)/t11-,12?,13-,15-,20-,23?,42?/m1/s1. The van der Waals surface area contributed by atoms with Crippen molar-refractivity contribution in [3.63, 3.8) is 0 Å². The number of esters is 1. The molecule has 4 rings (SSSR count). The fourth-order valence-electron chi connectivity index (χ4n) is 4.43. The van der Waals surface area contributed by atoms with Gasteiger partial charge in [-0.05, 0) is 27.7 Å². The minimum Gasteiger partial charge on any atom is -0.479 e. The van der Waals surface area contributed by atoms with E-state index in [2.05, 4.69) is 25.4 Å². The Morgan fingerprint density at radius 2 is 2.05 bits per heavy atom. The Hall–Kier alpha value is -3.06. The molecule has 2 fully saturated rings. The van der Waals surface area contributed by atoms with Crippen LogP contribution in [0.25, 0.3) is 11.2 Å². The van der Waals surface area contributed by atoms with Crippen LogP contribution in [0.5, 0.6) is 5.88 Å². The summed E-state index contributed by atoms with van der Waals surface area (Å²) in [5.41, 5.74) is 4.27. The molecule has 2 saturated heterocycles. The number of imidazole rings is 1. The van der Waals surface area contributed by atoms with Gasteiger partial charge in [-0.1, -0.05) is 11.4 Å². The van der Waals surface area contributed by atoms with E-state index in [0.717, 1.165) is 4.90 Å². The van der Waals surface area contributed by atoms with E-state index < -0.39 is 73.5 Å². The third-order valence-electron chi connectivity index (χ3n) is 6.72. The van der Waals surface area contributed by atoms with Crippen molar-refractivity contribution in [3.8, 4) is 5.88 Å². The summed E-state index contributed by atoms with van der Waals surface area (Å²) in [6.07, 6.45) is -3.16. The van der Waals surface area contributed by atoms with Crippen molar-refractivity contribution in [2.75, 3.05) is 32.3 Å². The average Bonchev–Trinajstić information content (AvgIpc) is 3.53. The molecule has 3 amide bonds. The Labute approximate surface area is 250 Å². The molecule has 0 aliphatic carbocycles. The van der Waals surface area contributed by atoms with Crippen LogP contribution in [0.2, 0.25) is 0 Å². The molecule has 0 saturated carbocycles. The second-order valence-electron chi connectivity index (χ2n) is 10.4. The molecule has 20 heteroatoms. The Morgan fingerprint density at radius 1 is 1.35 bits per heavy atom. The van der Waals surface area contributed by atoms with Gasteiger partial charge in [0.1, 0.15) is 29.9 Å². The number of carbonyl (C=O) groups is 3. The number of fused-ring (bicyclic) bond motifs is 1. The molecule has 4 heterocycles. The molecule has 0 radical (unpaired) electrons. The van der Waals surface area contributed by atoms with Gasteiger partial charge in [0.25, 0.3) is 5.91 Å². The van der Waals surface area contributed by atoms with Gasteiger partial charge in [0.05, 0.1) is 26.1 Å². The van der Waals surface area contributed by atoms with E-state index in [1.54, 1.807) is 13.8 Å². The summed E-state index contributed by atoms with van der Waals surface area (Å²) in [6, 6.07) is -2.70. The van der Waals surface area contributed by atoms with Gasteiger partial charge in [0.15, 0.2) is 17.4 Å². The Balaban J connectivity index is 1.53. The number of amides is 3. The number of likely N-dealkylation sites (N-methyl/N-ethyl adjacent to an activating group) is 1. The van der Waals surface area contributed by atoms with Gasteiger partial charge in [-0.3, -0.25) is 23.6 Å². The lowest BCUT2D eigenvalue weighted by atomic mass is 9.96. The maximum absolute atomic E-state index is 14.0. The predicted octanol–water partition coefficient (Wildman–Crippen LogP) is -0.236. The number of anilines is 1. The van der Waals surface area contributed by atoms with Crippen LogP contribution in [0, 0.1) is 0 Å². The molecule has 0 bridgehead atoms. The second-order valence-corrected chi connectivity index (χ2v) is 14.8. The summed E-state index contributed by atoms with van der Waals surface area (Å²) < 4.78 is 37.4. The summed E-state index contributed by atoms with van der Waals surface area (Å²) in [6.45, 7) is 1.49. The molecule has 6 N–H and O–H groups in total. The van der Waals surface area contributed by atoms with E-state index in [9.17, 15) is 29.2 Å². The molecule has 7 atom stereocenters. The third kappa shape index (κ3) is 6.72. The van der Waals surface area contributed by atoms with Crippen molar-refractivity contribution in [3.05, 3.63) is 6.33 Å². The number of methoxy groups -OCH3 is 1. The van der Waals surface area contributed by atoms with E-state index in [4.69, 9.17) is 24.5 Å². The number of rotatable bonds is 12. The summed E-state index contributed by atoms with van der Waals surface area (Å²) in [7, 11) is 2.68. The first-order chi connectivity index (χ1) is 20.1. The minimum absolute atomic E-state index is 0.0941. The number of nitrogen functional groups attached to an aromatic ring is 1. The first kappa shape index (κ1) is 32.8. The van der Waals surface area contributed by atoms with E-state index in [1.165, 1.54) is 38.9 Å². The summed E-state index contributed by atoms with van der Waals surface area (Å²) in [5, 5.41) is 27.4. The highest BCUT2D eigenvalue weighted by atomic mass is 32.7. The number of aliphatic hydroxyl groups is 2. The third-order valence-corrected chi connectivity index (χ3v) is 10.8. The molecule has 2 aliphatic heterocycles. The van der Waals surface area contributed by atoms with Crippen molar-refractivity contribution in [1.82, 2.24) is 34.8 Å². The van der Waals surface area contributed by atoms with Gasteiger partial charge in [0, 0.05) is 12.8 Å². The summed E-state index contributed by atoms with van der Waals surface area (Å²) in [4.78, 5) is 49.9. The van der Waals surface area contributed by atoms with Crippen molar-refractivity contribution in [2.45, 2.75) is 69.9 Å². The molecule has 0 aromatic carbocycles. The topological polar surface area (TPSA) is 243 Å². The molecule has 43 heavy (non-hydrogen) atoms. The zero-order valence-corrected chi connectivity index (χ0v) is 26.0. The number of urea groups is 1. The number of imide groups is 1. The van der Waals surface area contributed by atoms with E-state index in [-0.39, 0.29) is 28.7 Å². The summed E-state index contributed by atoms with van der Waals surface area (Å²) in [5.74, 6) is -1.42. The van der Waals surface area contributed by atoms with E-state index in [1.807, 2.05) is 0 Å². The van der Waals surface area contributed by atoms with Crippen LogP contribution in [0.1, 0.15) is 33.9 Å². The fraction of sp³-hybridized carbons (Fsp3) is 0.652. The van der Waals surface area contributed by atoms with E-state index in [0.29, 0.717) is 11.4 Å². The average molecular weight is 647 g/mol. The highest BCUT2D eigenvalue weighted by molar-refractivity contribution is 8.56. The maximum Gasteiger partial charge on any atom is 0.327 e. The minimum atomic E-state index is -4.05. The number of hydrogen-bond acceptors (Lipinski definition) is 15. The van der Waals surface area contributed by atoms with Gasteiger partial charge in [-0.2, -0.15) is 9.97 Å².